The topological polar surface area (TPSA) is 41.8 Å². The first-order chi connectivity index (χ1) is 12.9. The van der Waals surface area contributed by atoms with Gasteiger partial charge in [-0.3, -0.25) is 0 Å². The summed E-state index contributed by atoms with van der Waals surface area (Å²) in [6.45, 7) is 15.5. The molecule has 4 aliphatic rings. The second-order valence-corrected chi connectivity index (χ2v) is 11.9. The number of aliphatic hydroxyl groups is 1. The molecule has 0 aromatic carbocycles. The summed E-state index contributed by atoms with van der Waals surface area (Å²) in [5.74, 6) is 2.24. The Kier molecular flexibility index (Phi) is 4.62. The number of oxime groups is 1. The highest BCUT2D eigenvalue weighted by Crippen LogP contribution is 2.67. The van der Waals surface area contributed by atoms with Gasteiger partial charge < -0.3 is 9.94 Å². The monoisotopic (exact) mass is 387 g/mol. The Hall–Kier alpha value is -0.830. The Bertz CT molecular complexity index is 713. The lowest BCUT2D eigenvalue weighted by Gasteiger charge is -2.59. The molecule has 158 valence electrons. The number of rotatable bonds is 1. The van der Waals surface area contributed by atoms with Crippen LogP contribution in [-0.2, 0) is 4.84 Å². The summed E-state index contributed by atoms with van der Waals surface area (Å²) < 4.78 is 0. The van der Waals surface area contributed by atoms with Crippen LogP contribution in [0.25, 0.3) is 0 Å². The highest BCUT2D eigenvalue weighted by molar-refractivity contribution is 6.01. The van der Waals surface area contributed by atoms with Crippen LogP contribution in [-0.4, -0.2) is 22.0 Å². The Labute approximate surface area is 172 Å². The van der Waals surface area contributed by atoms with E-state index in [9.17, 15) is 5.11 Å². The van der Waals surface area contributed by atoms with Crippen molar-refractivity contribution in [2.75, 3.05) is 0 Å². The molecule has 0 radical (unpaired) electrons. The Morgan fingerprint density at radius 1 is 0.964 bits per heavy atom. The fraction of sp³-hybridized carbons (Fsp3) is 0.880. The van der Waals surface area contributed by atoms with Gasteiger partial charge in [0, 0.05) is 0 Å². The van der Waals surface area contributed by atoms with Crippen LogP contribution in [0.2, 0.25) is 0 Å². The predicted molar refractivity (Wildman–Crippen MR) is 115 cm³/mol. The lowest BCUT2D eigenvalue weighted by molar-refractivity contribution is -0.117. The smallest absolute Gasteiger partial charge is 0.129 e. The van der Waals surface area contributed by atoms with E-state index in [1.54, 1.807) is 5.57 Å². The first-order valence-electron chi connectivity index (χ1n) is 11.6. The molecule has 3 saturated carbocycles. The van der Waals surface area contributed by atoms with Crippen molar-refractivity contribution in [3.05, 3.63) is 11.1 Å². The van der Waals surface area contributed by atoms with E-state index in [0.717, 1.165) is 24.7 Å². The van der Waals surface area contributed by atoms with Crippen molar-refractivity contribution in [3.63, 3.8) is 0 Å². The van der Waals surface area contributed by atoms with Crippen LogP contribution in [0.1, 0.15) is 99.8 Å². The van der Waals surface area contributed by atoms with Crippen LogP contribution in [0.3, 0.4) is 0 Å². The van der Waals surface area contributed by atoms with Crippen molar-refractivity contribution < 1.29 is 9.94 Å². The molecule has 0 amide bonds. The van der Waals surface area contributed by atoms with Gasteiger partial charge >= 0.3 is 0 Å². The molecule has 0 saturated heterocycles. The Morgan fingerprint density at radius 3 is 2.32 bits per heavy atom. The predicted octanol–water partition coefficient (Wildman–Crippen LogP) is 6.26. The molecule has 0 aromatic heterocycles. The summed E-state index contributed by atoms with van der Waals surface area (Å²) in [6, 6.07) is 0. The maximum atomic E-state index is 11.1. The minimum atomic E-state index is -0.480. The van der Waals surface area contributed by atoms with Gasteiger partial charge in [0.05, 0.1) is 11.3 Å². The average molecular weight is 388 g/mol. The van der Waals surface area contributed by atoms with Gasteiger partial charge in [-0.15, -0.1) is 0 Å². The molecule has 6 atom stereocenters. The normalized spacial score (nSPS) is 47.6. The molecule has 3 fully saturated rings. The van der Waals surface area contributed by atoms with E-state index in [1.807, 2.05) is 0 Å². The number of hydrogen-bond donors (Lipinski definition) is 1. The third-order valence-electron chi connectivity index (χ3n) is 9.43. The van der Waals surface area contributed by atoms with E-state index in [2.05, 4.69) is 53.6 Å². The van der Waals surface area contributed by atoms with Gasteiger partial charge in [-0.25, -0.2) is 0 Å². The second kappa shape index (κ2) is 6.33. The molecule has 4 aliphatic carbocycles. The number of fused-ring (bicyclic) bond motifs is 5. The van der Waals surface area contributed by atoms with Gasteiger partial charge in [0.15, 0.2) is 0 Å². The summed E-state index contributed by atoms with van der Waals surface area (Å²) in [7, 11) is 0. The maximum Gasteiger partial charge on any atom is 0.129 e. The second-order valence-electron chi connectivity index (χ2n) is 11.9. The summed E-state index contributed by atoms with van der Waals surface area (Å²) >= 11 is 0. The van der Waals surface area contributed by atoms with Crippen molar-refractivity contribution in [3.8, 4) is 0 Å². The van der Waals surface area contributed by atoms with Crippen LogP contribution < -0.4 is 0 Å². The number of allylic oxidation sites excluding steroid dienone is 2. The van der Waals surface area contributed by atoms with Gasteiger partial charge in [-0.2, -0.15) is 0 Å². The van der Waals surface area contributed by atoms with Crippen molar-refractivity contribution in [2.24, 2.45) is 33.7 Å². The average Bonchev–Trinajstić information content (AvgIpc) is 2.83. The minimum absolute atomic E-state index is 0.114. The molecule has 0 aliphatic heterocycles. The van der Waals surface area contributed by atoms with E-state index in [1.165, 1.54) is 49.8 Å². The van der Waals surface area contributed by atoms with Crippen LogP contribution in [0.5, 0.6) is 0 Å². The summed E-state index contributed by atoms with van der Waals surface area (Å²) in [6.07, 6.45) is 9.37. The molecule has 3 nitrogen and oxygen atoms in total. The van der Waals surface area contributed by atoms with Crippen molar-refractivity contribution in [2.45, 2.75) is 111 Å². The molecule has 28 heavy (non-hydrogen) atoms. The molecule has 0 heterocycles. The highest BCUT2D eigenvalue weighted by atomic mass is 16.6. The standard InChI is InChI=1S/C25H41NO2/c1-16-18-9-8-17-19(10-14-24(6)20(17)11-15-25(24,7)27)23(18,5)13-12-21(16)26-28-22(2,3)4/h17,19-20,27H,8-15H2,1-7H3/b26-21+/t17-,19+,20+,23+,24+,25+/m1/s1. The molecule has 0 aromatic rings. The Balaban J connectivity index is 1.64. The van der Waals surface area contributed by atoms with Crippen LogP contribution >= 0.6 is 0 Å². The van der Waals surface area contributed by atoms with E-state index >= 15 is 0 Å². The van der Waals surface area contributed by atoms with E-state index < -0.39 is 5.60 Å². The van der Waals surface area contributed by atoms with Gasteiger partial charge in [0.25, 0.3) is 0 Å². The van der Waals surface area contributed by atoms with Crippen molar-refractivity contribution in [1.82, 2.24) is 0 Å². The summed E-state index contributed by atoms with van der Waals surface area (Å²) in [5.41, 5.74) is 3.94. The first kappa shape index (κ1) is 20.4. The molecule has 4 rings (SSSR count). The molecular weight excluding hydrogens is 346 g/mol. The van der Waals surface area contributed by atoms with Gasteiger partial charge in [0.1, 0.15) is 5.60 Å². The molecule has 0 bridgehead atoms. The lowest BCUT2D eigenvalue weighted by Crippen LogP contribution is -2.54. The Morgan fingerprint density at radius 2 is 1.64 bits per heavy atom. The van der Waals surface area contributed by atoms with E-state index in [0.29, 0.717) is 11.3 Å². The molecular formula is C25H41NO2. The zero-order valence-corrected chi connectivity index (χ0v) is 19.2. The zero-order valence-electron chi connectivity index (χ0n) is 19.2. The molecule has 1 N–H and O–H groups in total. The van der Waals surface area contributed by atoms with Gasteiger partial charge in [0.2, 0.25) is 0 Å². The van der Waals surface area contributed by atoms with Crippen LogP contribution in [0.4, 0.5) is 0 Å². The minimum Gasteiger partial charge on any atom is -0.390 e. The molecule has 0 spiro atoms. The zero-order chi connectivity index (χ0) is 20.5. The fourth-order valence-corrected chi connectivity index (χ4v) is 7.54. The number of nitrogens with zero attached hydrogens (tertiary/aromatic N) is 1. The van der Waals surface area contributed by atoms with Crippen molar-refractivity contribution in [1.29, 1.82) is 0 Å². The highest BCUT2D eigenvalue weighted by Gasteiger charge is 2.62. The summed E-state index contributed by atoms with van der Waals surface area (Å²) in [4.78, 5) is 5.78. The van der Waals surface area contributed by atoms with Gasteiger partial charge in [-0.1, -0.05) is 24.6 Å². The third-order valence-corrected chi connectivity index (χ3v) is 9.43. The van der Waals surface area contributed by atoms with Gasteiger partial charge in [-0.05, 0) is 120 Å². The third kappa shape index (κ3) is 2.90. The quantitative estimate of drug-likeness (QED) is 0.539. The number of hydrogen-bond acceptors (Lipinski definition) is 3. The fourth-order valence-electron chi connectivity index (χ4n) is 7.54. The maximum absolute atomic E-state index is 11.1. The first-order valence-corrected chi connectivity index (χ1v) is 11.6. The van der Waals surface area contributed by atoms with E-state index in [4.69, 9.17) is 4.84 Å². The SMILES string of the molecule is CC1=C2CC[C@@H]3[C@H](CC[C@@]4(C)[C@H]3CC[C@]4(C)O)[C@@]2(C)CC/C1=N\OC(C)(C)C. The van der Waals surface area contributed by atoms with E-state index in [-0.39, 0.29) is 11.0 Å². The van der Waals surface area contributed by atoms with Crippen LogP contribution in [0, 0.1) is 28.6 Å². The molecule has 3 heteroatoms. The molecule has 0 unspecified atom stereocenters. The largest absolute Gasteiger partial charge is 0.390 e. The van der Waals surface area contributed by atoms with Crippen LogP contribution in [0.15, 0.2) is 16.3 Å². The van der Waals surface area contributed by atoms with Crippen molar-refractivity contribution >= 4 is 5.71 Å². The summed E-state index contributed by atoms with van der Waals surface area (Å²) in [5, 5.41) is 15.7. The lowest BCUT2D eigenvalue weighted by atomic mass is 9.46.